The molecule has 0 radical (unpaired) electrons. The Labute approximate surface area is 116 Å². The van der Waals surface area contributed by atoms with Gasteiger partial charge < -0.3 is 10.2 Å². The molecule has 0 aromatic rings. The van der Waals surface area contributed by atoms with E-state index in [0.717, 1.165) is 6.08 Å². The van der Waals surface area contributed by atoms with E-state index in [1.54, 1.807) is 0 Å². The number of carboxylic acid groups (broad SMARTS) is 1. The van der Waals surface area contributed by atoms with Crippen LogP contribution in [0.5, 0.6) is 0 Å². The number of carbonyl (C=O) groups is 3. The second kappa shape index (κ2) is 10.5. The van der Waals surface area contributed by atoms with Crippen molar-refractivity contribution in [1.29, 1.82) is 0 Å². The van der Waals surface area contributed by atoms with E-state index in [2.05, 4.69) is 29.5 Å². The zero-order chi connectivity index (χ0) is 16.3. The molecule has 0 heterocycles. The minimum Gasteiger partial charge on any atom is -0.478 e. The molecule has 0 bridgehead atoms. The highest BCUT2D eigenvalue weighted by atomic mass is 17.2. The molecule has 0 spiro atoms. The molecule has 20 heavy (non-hydrogen) atoms. The SMILES string of the molecule is C=C(C)C(=O)O.C=CC(=O)OOC(=O)C(=C)CC(C)O. The van der Waals surface area contributed by atoms with Gasteiger partial charge in [0.1, 0.15) is 0 Å². The summed E-state index contributed by atoms with van der Waals surface area (Å²) in [6.07, 6.45) is 0.208. The Hall–Kier alpha value is -2.41. The largest absolute Gasteiger partial charge is 0.478 e. The number of aliphatic carboxylic acids is 1. The van der Waals surface area contributed by atoms with Crippen molar-refractivity contribution in [2.24, 2.45) is 0 Å². The molecule has 0 fully saturated rings. The molecule has 0 rings (SSSR count). The van der Waals surface area contributed by atoms with Crippen LogP contribution in [0.2, 0.25) is 0 Å². The number of hydrogen-bond acceptors (Lipinski definition) is 6. The Kier molecular flexibility index (Phi) is 10.5. The van der Waals surface area contributed by atoms with E-state index in [-0.39, 0.29) is 17.6 Å². The van der Waals surface area contributed by atoms with Crippen molar-refractivity contribution in [2.45, 2.75) is 26.4 Å². The Morgan fingerprint density at radius 2 is 1.70 bits per heavy atom. The summed E-state index contributed by atoms with van der Waals surface area (Å²) in [6.45, 7) is 12.5. The molecule has 0 aliphatic heterocycles. The number of rotatable bonds is 5. The van der Waals surface area contributed by atoms with Gasteiger partial charge in [0.25, 0.3) is 0 Å². The maximum Gasteiger partial charge on any atom is 0.381 e. The molecule has 112 valence electrons. The summed E-state index contributed by atoms with van der Waals surface area (Å²) in [5.74, 6) is -2.70. The zero-order valence-corrected chi connectivity index (χ0v) is 11.4. The lowest BCUT2D eigenvalue weighted by Gasteiger charge is -2.05. The van der Waals surface area contributed by atoms with Gasteiger partial charge in [-0.1, -0.05) is 19.7 Å². The van der Waals surface area contributed by atoms with Crippen LogP contribution in [-0.4, -0.2) is 34.2 Å². The van der Waals surface area contributed by atoms with E-state index < -0.39 is 24.0 Å². The lowest BCUT2D eigenvalue weighted by atomic mass is 10.1. The molecule has 0 aliphatic carbocycles. The second-order valence-electron chi connectivity index (χ2n) is 3.72. The van der Waals surface area contributed by atoms with Gasteiger partial charge in [0.2, 0.25) is 0 Å². The van der Waals surface area contributed by atoms with Crippen molar-refractivity contribution in [2.75, 3.05) is 0 Å². The standard InChI is InChI=1S/C9H12O5.C4H6O2/c1-4-8(11)13-14-9(12)6(2)5-7(3)10;1-3(2)4(5)6/h4,7,10H,1-2,5H2,3H3;1H2,2H3,(H,5,6). The van der Waals surface area contributed by atoms with E-state index in [1.165, 1.54) is 13.8 Å². The van der Waals surface area contributed by atoms with Gasteiger partial charge >= 0.3 is 17.9 Å². The Morgan fingerprint density at radius 1 is 1.25 bits per heavy atom. The normalized spacial score (nSPS) is 10.2. The molecular formula is C13H18O7. The van der Waals surface area contributed by atoms with Crippen LogP contribution in [0.25, 0.3) is 0 Å². The lowest BCUT2D eigenvalue weighted by molar-refractivity contribution is -0.251. The fourth-order valence-corrected chi connectivity index (χ4v) is 0.612. The summed E-state index contributed by atoms with van der Waals surface area (Å²) in [6, 6.07) is 0. The highest BCUT2D eigenvalue weighted by Gasteiger charge is 2.13. The molecule has 2 N–H and O–H groups in total. The predicted molar refractivity (Wildman–Crippen MR) is 70.3 cm³/mol. The number of carbonyl (C=O) groups excluding carboxylic acids is 2. The summed E-state index contributed by atoms with van der Waals surface area (Å²) < 4.78 is 0. The van der Waals surface area contributed by atoms with Gasteiger partial charge in [0, 0.05) is 23.6 Å². The summed E-state index contributed by atoms with van der Waals surface area (Å²) in [5, 5.41) is 16.8. The second-order valence-corrected chi connectivity index (χ2v) is 3.72. The van der Waals surface area contributed by atoms with Crippen LogP contribution in [0.4, 0.5) is 0 Å². The minimum atomic E-state index is -0.935. The topological polar surface area (TPSA) is 110 Å². The summed E-state index contributed by atoms with van der Waals surface area (Å²) in [7, 11) is 0. The first-order valence-corrected chi connectivity index (χ1v) is 5.41. The fourth-order valence-electron chi connectivity index (χ4n) is 0.612. The zero-order valence-electron chi connectivity index (χ0n) is 11.4. The van der Waals surface area contributed by atoms with Crippen molar-refractivity contribution in [3.63, 3.8) is 0 Å². The van der Waals surface area contributed by atoms with Crippen molar-refractivity contribution in [3.8, 4) is 0 Å². The third-order valence-electron chi connectivity index (χ3n) is 1.56. The molecule has 0 amide bonds. The van der Waals surface area contributed by atoms with E-state index >= 15 is 0 Å². The Bertz CT molecular complexity index is 395. The number of hydrogen-bond donors (Lipinski definition) is 2. The molecule has 7 heteroatoms. The van der Waals surface area contributed by atoms with Gasteiger partial charge in [-0.3, -0.25) is 0 Å². The highest BCUT2D eigenvalue weighted by Crippen LogP contribution is 2.05. The Morgan fingerprint density at radius 3 is 2.00 bits per heavy atom. The molecule has 0 aromatic heterocycles. The van der Waals surface area contributed by atoms with E-state index in [1.807, 2.05) is 0 Å². The van der Waals surface area contributed by atoms with Crippen LogP contribution in [-0.2, 0) is 24.2 Å². The molecule has 0 aliphatic rings. The molecule has 1 atom stereocenters. The van der Waals surface area contributed by atoms with Gasteiger partial charge in [-0.15, -0.1) is 0 Å². The first kappa shape index (κ1) is 19.9. The van der Waals surface area contributed by atoms with Crippen LogP contribution >= 0.6 is 0 Å². The van der Waals surface area contributed by atoms with Crippen LogP contribution in [0.3, 0.4) is 0 Å². The van der Waals surface area contributed by atoms with Crippen LogP contribution < -0.4 is 0 Å². The number of carboxylic acids is 1. The van der Waals surface area contributed by atoms with Crippen LogP contribution in [0.1, 0.15) is 20.3 Å². The van der Waals surface area contributed by atoms with Gasteiger partial charge in [-0.2, -0.15) is 0 Å². The van der Waals surface area contributed by atoms with Gasteiger partial charge in [-0.25, -0.2) is 24.2 Å². The summed E-state index contributed by atoms with van der Waals surface area (Å²) in [5.41, 5.74) is 0.201. The predicted octanol–water partition coefficient (Wildman–Crippen LogP) is 1.15. The average molecular weight is 286 g/mol. The Balaban J connectivity index is 0. The monoisotopic (exact) mass is 286 g/mol. The van der Waals surface area contributed by atoms with E-state index in [0.29, 0.717) is 0 Å². The smallest absolute Gasteiger partial charge is 0.381 e. The van der Waals surface area contributed by atoms with Crippen molar-refractivity contribution in [3.05, 3.63) is 37.0 Å². The fraction of sp³-hybridized carbons (Fsp3) is 0.308. The molecule has 1 unspecified atom stereocenters. The maximum atomic E-state index is 11.0. The lowest BCUT2D eigenvalue weighted by Crippen LogP contribution is -2.14. The van der Waals surface area contributed by atoms with Crippen molar-refractivity contribution >= 4 is 17.9 Å². The third-order valence-corrected chi connectivity index (χ3v) is 1.56. The summed E-state index contributed by atoms with van der Waals surface area (Å²) in [4.78, 5) is 39.1. The van der Waals surface area contributed by atoms with Gasteiger partial charge in [-0.05, 0) is 13.8 Å². The number of aliphatic hydroxyl groups excluding tert-OH is 1. The summed E-state index contributed by atoms with van der Waals surface area (Å²) >= 11 is 0. The molecule has 0 aromatic carbocycles. The van der Waals surface area contributed by atoms with Crippen LogP contribution in [0, 0.1) is 0 Å². The number of aliphatic hydroxyl groups is 1. The van der Waals surface area contributed by atoms with E-state index in [4.69, 9.17) is 10.2 Å². The van der Waals surface area contributed by atoms with Crippen LogP contribution in [0.15, 0.2) is 37.0 Å². The molecule has 0 saturated heterocycles. The molecule has 0 saturated carbocycles. The quantitative estimate of drug-likeness (QED) is 0.443. The van der Waals surface area contributed by atoms with Gasteiger partial charge in [0.05, 0.1) is 6.10 Å². The first-order valence-electron chi connectivity index (χ1n) is 5.41. The van der Waals surface area contributed by atoms with Crippen molar-refractivity contribution < 1.29 is 34.4 Å². The average Bonchev–Trinajstić information content (AvgIpc) is 2.35. The maximum absolute atomic E-state index is 11.0. The molecular weight excluding hydrogens is 268 g/mol. The highest BCUT2D eigenvalue weighted by molar-refractivity contribution is 5.88. The van der Waals surface area contributed by atoms with Crippen molar-refractivity contribution in [1.82, 2.24) is 0 Å². The first-order chi connectivity index (χ1) is 9.11. The van der Waals surface area contributed by atoms with Gasteiger partial charge in [0.15, 0.2) is 0 Å². The minimum absolute atomic E-state index is 0.0249. The van der Waals surface area contributed by atoms with E-state index in [9.17, 15) is 14.4 Å². The molecule has 7 nitrogen and oxygen atoms in total. The third kappa shape index (κ3) is 12.1.